The third kappa shape index (κ3) is 3.64. The van der Waals surface area contributed by atoms with Crippen LogP contribution in [0.15, 0.2) is 80.2 Å². The summed E-state index contributed by atoms with van der Waals surface area (Å²) in [5.74, 6) is 1.95. The fraction of sp³-hybridized carbons (Fsp3) is 0.0526. The summed E-state index contributed by atoms with van der Waals surface area (Å²) in [7, 11) is 0. The summed E-state index contributed by atoms with van der Waals surface area (Å²) in [5, 5.41) is 7.92. The monoisotopic (exact) mass is 396 g/mol. The minimum atomic E-state index is 0.194. The number of nitrogens with zero attached hydrogens (tertiary/aromatic N) is 2. The van der Waals surface area contributed by atoms with Crippen LogP contribution in [-0.2, 0) is 6.61 Å². The van der Waals surface area contributed by atoms with Gasteiger partial charge in [0.2, 0.25) is 0 Å². The molecule has 0 bridgehead atoms. The SMILES string of the molecule is Brc1ccc(-c2nnc(COc3ccc(-c4ccccc4)cc3)o2)o1. The van der Waals surface area contributed by atoms with Crippen molar-refractivity contribution in [2.45, 2.75) is 6.61 Å². The first-order valence-corrected chi connectivity index (χ1v) is 8.43. The maximum absolute atomic E-state index is 5.70. The summed E-state index contributed by atoms with van der Waals surface area (Å²) in [6, 6.07) is 21.6. The zero-order chi connectivity index (χ0) is 17.1. The molecule has 0 atom stereocenters. The van der Waals surface area contributed by atoms with E-state index in [9.17, 15) is 0 Å². The first kappa shape index (κ1) is 15.7. The molecule has 0 aliphatic heterocycles. The molecule has 2 aromatic heterocycles. The molecule has 6 heteroatoms. The molecule has 0 radical (unpaired) electrons. The number of hydrogen-bond acceptors (Lipinski definition) is 5. The molecular weight excluding hydrogens is 384 g/mol. The number of hydrogen-bond donors (Lipinski definition) is 0. The predicted molar refractivity (Wildman–Crippen MR) is 95.9 cm³/mol. The van der Waals surface area contributed by atoms with Crippen LogP contribution >= 0.6 is 15.9 Å². The molecule has 2 aromatic carbocycles. The van der Waals surface area contributed by atoms with Gasteiger partial charge in [0.25, 0.3) is 11.8 Å². The Kier molecular flexibility index (Phi) is 4.35. The fourth-order valence-electron chi connectivity index (χ4n) is 2.36. The second-order valence-corrected chi connectivity index (χ2v) is 6.07. The third-order valence-electron chi connectivity index (χ3n) is 3.57. The van der Waals surface area contributed by atoms with Crippen LogP contribution in [0.25, 0.3) is 22.8 Å². The zero-order valence-corrected chi connectivity index (χ0v) is 14.6. The highest BCUT2D eigenvalue weighted by molar-refractivity contribution is 9.10. The van der Waals surface area contributed by atoms with Gasteiger partial charge in [-0.3, -0.25) is 0 Å². The van der Waals surface area contributed by atoms with Crippen molar-refractivity contribution >= 4 is 15.9 Å². The maximum atomic E-state index is 5.70. The second-order valence-electron chi connectivity index (χ2n) is 5.28. The van der Waals surface area contributed by atoms with Crippen molar-refractivity contribution in [2.24, 2.45) is 0 Å². The third-order valence-corrected chi connectivity index (χ3v) is 4.00. The lowest BCUT2D eigenvalue weighted by Gasteiger charge is -2.05. The van der Waals surface area contributed by atoms with E-state index in [-0.39, 0.29) is 6.61 Å². The zero-order valence-electron chi connectivity index (χ0n) is 13.1. The molecule has 0 saturated carbocycles. The van der Waals surface area contributed by atoms with Gasteiger partial charge < -0.3 is 13.6 Å². The number of aromatic nitrogens is 2. The van der Waals surface area contributed by atoms with Crippen molar-refractivity contribution in [3.63, 3.8) is 0 Å². The van der Waals surface area contributed by atoms with Crippen molar-refractivity contribution in [1.29, 1.82) is 0 Å². The van der Waals surface area contributed by atoms with Gasteiger partial charge in [0.1, 0.15) is 5.75 Å². The summed E-state index contributed by atoms with van der Waals surface area (Å²) < 4.78 is 17.2. The van der Waals surface area contributed by atoms with E-state index in [0.29, 0.717) is 22.2 Å². The van der Waals surface area contributed by atoms with Gasteiger partial charge in [0.15, 0.2) is 17.0 Å². The number of furan rings is 1. The average molecular weight is 397 g/mol. The van der Waals surface area contributed by atoms with Crippen LogP contribution in [-0.4, -0.2) is 10.2 Å². The number of rotatable bonds is 5. The standard InChI is InChI=1S/C19H13BrN2O3/c20-17-11-10-16(24-17)19-22-21-18(25-19)12-23-15-8-6-14(7-9-15)13-4-2-1-3-5-13/h1-11H,12H2. The summed E-state index contributed by atoms with van der Waals surface area (Å²) in [6.07, 6.45) is 0. The van der Waals surface area contributed by atoms with E-state index in [2.05, 4.69) is 38.3 Å². The molecule has 0 N–H and O–H groups in total. The Morgan fingerprint density at radius 2 is 1.56 bits per heavy atom. The van der Waals surface area contributed by atoms with Gasteiger partial charge >= 0.3 is 0 Å². The maximum Gasteiger partial charge on any atom is 0.283 e. The predicted octanol–water partition coefficient (Wildman–Crippen LogP) is 5.34. The summed E-state index contributed by atoms with van der Waals surface area (Å²) >= 11 is 3.24. The Bertz CT molecular complexity index is 962. The van der Waals surface area contributed by atoms with Crippen molar-refractivity contribution in [3.05, 3.63) is 77.3 Å². The minimum absolute atomic E-state index is 0.194. The lowest BCUT2D eigenvalue weighted by molar-refractivity contribution is 0.264. The fourth-order valence-corrected chi connectivity index (χ4v) is 2.67. The Balaban J connectivity index is 1.41. The number of benzene rings is 2. The molecule has 0 amide bonds. The Morgan fingerprint density at radius 1 is 0.800 bits per heavy atom. The first-order valence-electron chi connectivity index (χ1n) is 7.64. The van der Waals surface area contributed by atoms with E-state index in [1.807, 2.05) is 42.5 Å². The highest BCUT2D eigenvalue weighted by Crippen LogP contribution is 2.25. The second kappa shape index (κ2) is 6.94. The van der Waals surface area contributed by atoms with E-state index in [4.69, 9.17) is 13.6 Å². The summed E-state index contributed by atoms with van der Waals surface area (Å²) in [6.45, 7) is 0.194. The summed E-state index contributed by atoms with van der Waals surface area (Å²) in [5.41, 5.74) is 2.30. The summed E-state index contributed by atoms with van der Waals surface area (Å²) in [4.78, 5) is 0. The van der Waals surface area contributed by atoms with Gasteiger partial charge in [0, 0.05) is 0 Å². The molecule has 4 rings (SSSR count). The molecule has 0 unspecified atom stereocenters. The topological polar surface area (TPSA) is 61.3 Å². The Labute approximate surface area is 152 Å². The van der Waals surface area contributed by atoms with Crippen molar-refractivity contribution in [2.75, 3.05) is 0 Å². The van der Waals surface area contributed by atoms with Gasteiger partial charge in [-0.25, -0.2) is 0 Å². The van der Waals surface area contributed by atoms with Crippen LogP contribution in [0.5, 0.6) is 5.75 Å². The molecule has 4 aromatic rings. The largest absolute Gasteiger partial charge is 0.484 e. The molecule has 0 spiro atoms. The van der Waals surface area contributed by atoms with E-state index in [0.717, 1.165) is 11.3 Å². The lowest BCUT2D eigenvalue weighted by atomic mass is 10.1. The first-order chi connectivity index (χ1) is 12.3. The highest BCUT2D eigenvalue weighted by atomic mass is 79.9. The van der Waals surface area contributed by atoms with Crippen molar-refractivity contribution in [1.82, 2.24) is 10.2 Å². The van der Waals surface area contributed by atoms with Crippen LogP contribution in [0, 0.1) is 0 Å². The normalized spacial score (nSPS) is 10.8. The van der Waals surface area contributed by atoms with Gasteiger partial charge in [-0.2, -0.15) is 0 Å². The van der Waals surface area contributed by atoms with Crippen LogP contribution in [0.4, 0.5) is 0 Å². The van der Waals surface area contributed by atoms with Crippen LogP contribution < -0.4 is 4.74 Å². The minimum Gasteiger partial charge on any atom is -0.484 e. The Hall–Kier alpha value is -2.86. The lowest BCUT2D eigenvalue weighted by Crippen LogP contribution is -1.95. The van der Waals surface area contributed by atoms with Gasteiger partial charge in [0.05, 0.1) is 0 Å². The van der Waals surface area contributed by atoms with E-state index >= 15 is 0 Å². The van der Waals surface area contributed by atoms with E-state index in [1.165, 1.54) is 5.56 Å². The number of ether oxygens (including phenoxy) is 1. The van der Waals surface area contributed by atoms with Crippen molar-refractivity contribution in [3.8, 4) is 28.5 Å². The molecule has 0 aliphatic rings. The molecule has 0 fully saturated rings. The average Bonchev–Trinajstić information content (AvgIpc) is 3.30. The molecule has 5 nitrogen and oxygen atoms in total. The molecule has 25 heavy (non-hydrogen) atoms. The van der Waals surface area contributed by atoms with E-state index in [1.54, 1.807) is 12.1 Å². The Morgan fingerprint density at radius 3 is 2.28 bits per heavy atom. The smallest absolute Gasteiger partial charge is 0.283 e. The quantitative estimate of drug-likeness (QED) is 0.455. The van der Waals surface area contributed by atoms with Crippen LogP contribution in [0.3, 0.4) is 0 Å². The van der Waals surface area contributed by atoms with Gasteiger partial charge in [-0.15, -0.1) is 10.2 Å². The number of halogens is 1. The molecule has 124 valence electrons. The molecular formula is C19H13BrN2O3. The van der Waals surface area contributed by atoms with Gasteiger partial charge in [-0.05, 0) is 51.3 Å². The van der Waals surface area contributed by atoms with Crippen molar-refractivity contribution < 1.29 is 13.6 Å². The molecule has 0 saturated heterocycles. The highest BCUT2D eigenvalue weighted by Gasteiger charge is 2.12. The molecule has 2 heterocycles. The van der Waals surface area contributed by atoms with E-state index < -0.39 is 0 Å². The van der Waals surface area contributed by atoms with Crippen LogP contribution in [0.2, 0.25) is 0 Å². The van der Waals surface area contributed by atoms with Crippen LogP contribution in [0.1, 0.15) is 5.89 Å². The molecule has 0 aliphatic carbocycles. The van der Waals surface area contributed by atoms with Gasteiger partial charge in [-0.1, -0.05) is 42.5 Å².